The first-order valence-electron chi connectivity index (χ1n) is 3.24. The maximum Gasteiger partial charge on any atom is 0.341 e. The second-order valence-electron chi connectivity index (χ2n) is 2.12. The minimum absolute atomic E-state index is 0.0150. The van der Waals surface area contributed by atoms with E-state index in [2.05, 4.69) is 17.6 Å². The van der Waals surface area contributed by atoms with Crippen LogP contribution in [0.25, 0.3) is 6.08 Å². The van der Waals surface area contributed by atoms with Crippen molar-refractivity contribution in [2.75, 3.05) is 0 Å². The summed E-state index contributed by atoms with van der Waals surface area (Å²) in [4.78, 5) is 14.2. The molecule has 1 aromatic rings. The van der Waals surface area contributed by atoms with Gasteiger partial charge in [-0.3, -0.25) is 4.98 Å². The Kier molecular flexibility index (Phi) is 2.88. The lowest BCUT2D eigenvalue weighted by Crippen LogP contribution is -1.93. The summed E-state index contributed by atoms with van der Waals surface area (Å²) in [6, 6.07) is 3.42. The van der Waals surface area contributed by atoms with E-state index in [-0.39, 0.29) is 4.91 Å². The molecule has 0 saturated carbocycles. The second-order valence-corrected chi connectivity index (χ2v) is 2.60. The summed E-state index contributed by atoms with van der Waals surface area (Å²) in [5, 5.41) is 8.48. The van der Waals surface area contributed by atoms with Crippen molar-refractivity contribution in [2.24, 2.45) is 0 Å². The fraction of sp³-hybridized carbons (Fsp3) is 0. The van der Waals surface area contributed by atoms with Gasteiger partial charge in [-0.25, -0.2) is 4.79 Å². The SMILES string of the molecule is O=C(O)/C(S)=C/c1ccncc1. The van der Waals surface area contributed by atoms with E-state index in [4.69, 9.17) is 5.11 Å². The van der Waals surface area contributed by atoms with Crippen LogP contribution in [0.4, 0.5) is 0 Å². The molecule has 0 spiro atoms. The number of aromatic nitrogens is 1. The Morgan fingerprint density at radius 1 is 1.50 bits per heavy atom. The third-order valence-corrected chi connectivity index (χ3v) is 1.55. The zero-order chi connectivity index (χ0) is 8.97. The number of nitrogens with zero attached hydrogens (tertiary/aromatic N) is 1. The normalized spacial score (nSPS) is 11.2. The Morgan fingerprint density at radius 2 is 2.08 bits per heavy atom. The van der Waals surface area contributed by atoms with E-state index in [1.807, 2.05) is 0 Å². The summed E-state index contributed by atoms with van der Waals surface area (Å²) in [6.45, 7) is 0. The van der Waals surface area contributed by atoms with Crippen molar-refractivity contribution in [1.82, 2.24) is 4.98 Å². The fourth-order valence-corrected chi connectivity index (χ4v) is 0.828. The molecule has 1 heterocycles. The first-order chi connectivity index (χ1) is 5.70. The molecule has 4 heteroatoms. The highest BCUT2D eigenvalue weighted by molar-refractivity contribution is 7.85. The maximum absolute atomic E-state index is 10.3. The molecule has 12 heavy (non-hydrogen) atoms. The van der Waals surface area contributed by atoms with E-state index in [0.29, 0.717) is 0 Å². The van der Waals surface area contributed by atoms with Crippen LogP contribution < -0.4 is 0 Å². The van der Waals surface area contributed by atoms with E-state index in [1.165, 1.54) is 6.08 Å². The van der Waals surface area contributed by atoms with Gasteiger partial charge < -0.3 is 5.11 Å². The molecule has 0 amide bonds. The van der Waals surface area contributed by atoms with Gasteiger partial charge >= 0.3 is 5.97 Å². The molecule has 0 radical (unpaired) electrons. The highest BCUT2D eigenvalue weighted by Crippen LogP contribution is 2.08. The molecular formula is C8H7NO2S. The van der Waals surface area contributed by atoms with Crippen molar-refractivity contribution < 1.29 is 9.90 Å². The van der Waals surface area contributed by atoms with Gasteiger partial charge in [0, 0.05) is 12.4 Å². The largest absolute Gasteiger partial charge is 0.477 e. The van der Waals surface area contributed by atoms with E-state index in [9.17, 15) is 4.79 Å². The van der Waals surface area contributed by atoms with Gasteiger partial charge in [0.25, 0.3) is 0 Å². The molecule has 0 aliphatic rings. The molecular weight excluding hydrogens is 174 g/mol. The molecule has 0 bridgehead atoms. The summed E-state index contributed by atoms with van der Waals surface area (Å²) >= 11 is 3.78. The number of rotatable bonds is 2. The third-order valence-electron chi connectivity index (χ3n) is 1.23. The van der Waals surface area contributed by atoms with E-state index in [1.54, 1.807) is 24.5 Å². The van der Waals surface area contributed by atoms with Crippen LogP contribution in [0.3, 0.4) is 0 Å². The average molecular weight is 181 g/mol. The quantitative estimate of drug-likeness (QED) is 0.536. The number of hydrogen-bond donors (Lipinski definition) is 2. The molecule has 0 aliphatic carbocycles. The molecule has 0 unspecified atom stereocenters. The average Bonchev–Trinajstić information content (AvgIpc) is 2.06. The van der Waals surface area contributed by atoms with Crippen molar-refractivity contribution in [1.29, 1.82) is 0 Å². The summed E-state index contributed by atoms with van der Waals surface area (Å²) in [5.74, 6) is -1.03. The molecule has 1 aromatic heterocycles. The van der Waals surface area contributed by atoms with Gasteiger partial charge in [0.1, 0.15) is 0 Å². The standard InChI is InChI=1S/C8H7NO2S/c10-8(11)7(12)5-6-1-3-9-4-2-6/h1-5,12H,(H,10,11)/b7-5-. The first-order valence-corrected chi connectivity index (χ1v) is 3.69. The minimum atomic E-state index is -1.03. The molecule has 62 valence electrons. The minimum Gasteiger partial charge on any atom is -0.477 e. The van der Waals surface area contributed by atoms with Crippen LogP contribution in [-0.2, 0) is 4.79 Å². The highest BCUT2D eigenvalue weighted by atomic mass is 32.1. The molecule has 0 atom stereocenters. The van der Waals surface area contributed by atoms with Crippen LogP contribution in [0.2, 0.25) is 0 Å². The highest BCUT2D eigenvalue weighted by Gasteiger charge is 1.99. The Hall–Kier alpha value is -1.29. The van der Waals surface area contributed by atoms with Crippen molar-refractivity contribution >= 4 is 24.7 Å². The summed E-state index contributed by atoms with van der Waals surface area (Å²) < 4.78 is 0. The van der Waals surface area contributed by atoms with Crippen molar-refractivity contribution in [3.05, 3.63) is 35.0 Å². The lowest BCUT2D eigenvalue weighted by Gasteiger charge is -1.92. The first kappa shape index (κ1) is 8.80. The monoisotopic (exact) mass is 181 g/mol. The van der Waals surface area contributed by atoms with E-state index >= 15 is 0 Å². The van der Waals surface area contributed by atoms with Crippen LogP contribution in [0.5, 0.6) is 0 Å². The van der Waals surface area contributed by atoms with Gasteiger partial charge in [0.15, 0.2) is 0 Å². The topological polar surface area (TPSA) is 50.2 Å². The Balaban J connectivity index is 2.89. The number of hydrogen-bond acceptors (Lipinski definition) is 3. The Morgan fingerprint density at radius 3 is 2.58 bits per heavy atom. The van der Waals surface area contributed by atoms with Crippen LogP contribution in [0, 0.1) is 0 Å². The summed E-state index contributed by atoms with van der Waals surface area (Å²) in [6.07, 6.45) is 4.65. The van der Waals surface area contributed by atoms with Crippen LogP contribution in [-0.4, -0.2) is 16.1 Å². The van der Waals surface area contributed by atoms with Gasteiger partial charge in [-0.15, -0.1) is 12.6 Å². The fourth-order valence-electron chi connectivity index (χ4n) is 0.679. The van der Waals surface area contributed by atoms with Gasteiger partial charge in [-0.2, -0.15) is 0 Å². The molecule has 3 nitrogen and oxygen atoms in total. The number of pyridine rings is 1. The molecule has 0 fully saturated rings. The summed E-state index contributed by atoms with van der Waals surface area (Å²) in [5.41, 5.74) is 0.775. The van der Waals surface area contributed by atoms with Gasteiger partial charge in [-0.1, -0.05) is 0 Å². The lowest BCUT2D eigenvalue weighted by molar-refractivity contribution is -0.131. The third kappa shape index (κ3) is 2.39. The Labute approximate surface area is 75.2 Å². The number of carboxylic acid groups (broad SMARTS) is 1. The van der Waals surface area contributed by atoms with Gasteiger partial charge in [0.2, 0.25) is 0 Å². The number of carboxylic acids is 1. The van der Waals surface area contributed by atoms with Crippen LogP contribution >= 0.6 is 12.6 Å². The number of aliphatic carboxylic acids is 1. The molecule has 0 saturated heterocycles. The molecule has 0 aliphatic heterocycles. The van der Waals surface area contributed by atoms with Crippen LogP contribution in [0.15, 0.2) is 29.4 Å². The maximum atomic E-state index is 10.3. The van der Waals surface area contributed by atoms with Gasteiger partial charge in [-0.05, 0) is 23.8 Å². The van der Waals surface area contributed by atoms with Crippen molar-refractivity contribution in [3.8, 4) is 0 Å². The van der Waals surface area contributed by atoms with E-state index < -0.39 is 5.97 Å². The summed E-state index contributed by atoms with van der Waals surface area (Å²) in [7, 11) is 0. The van der Waals surface area contributed by atoms with Crippen molar-refractivity contribution in [3.63, 3.8) is 0 Å². The van der Waals surface area contributed by atoms with Crippen molar-refractivity contribution in [2.45, 2.75) is 0 Å². The number of carbonyl (C=O) groups is 1. The zero-order valence-electron chi connectivity index (χ0n) is 6.14. The van der Waals surface area contributed by atoms with E-state index in [0.717, 1.165) is 5.56 Å². The second kappa shape index (κ2) is 3.92. The van der Waals surface area contributed by atoms with Crippen LogP contribution in [0.1, 0.15) is 5.56 Å². The molecule has 1 N–H and O–H groups in total. The number of thiol groups is 1. The predicted molar refractivity (Wildman–Crippen MR) is 48.8 cm³/mol. The molecule has 0 aromatic carbocycles. The lowest BCUT2D eigenvalue weighted by atomic mass is 10.2. The predicted octanol–water partition coefficient (Wildman–Crippen LogP) is 1.44. The smallest absolute Gasteiger partial charge is 0.341 e. The zero-order valence-corrected chi connectivity index (χ0v) is 7.03. The Bertz CT molecular complexity index is 308. The van der Waals surface area contributed by atoms with Gasteiger partial charge in [0.05, 0.1) is 4.91 Å². The molecule has 1 rings (SSSR count).